The van der Waals surface area contributed by atoms with Crippen LogP contribution in [0.5, 0.6) is 23.3 Å². The van der Waals surface area contributed by atoms with E-state index in [2.05, 4.69) is 72.2 Å². The number of rotatable bonds is 12. The lowest BCUT2D eigenvalue weighted by Gasteiger charge is -2.52. The molecule has 6 aliphatic rings. The van der Waals surface area contributed by atoms with Gasteiger partial charge in [0.15, 0.2) is 0 Å². The minimum absolute atomic E-state index is 0.180. The Bertz CT molecular complexity index is 2280. The molecule has 3 aromatic heterocycles. The molecule has 3 aromatic carbocycles. The zero-order chi connectivity index (χ0) is 39.3. The Kier molecular flexibility index (Phi) is 10.0. The summed E-state index contributed by atoms with van der Waals surface area (Å²) in [4.78, 5) is 14.8. The lowest BCUT2D eigenvalue weighted by Crippen LogP contribution is -2.56. The largest absolute Gasteiger partial charge is 0.497 e. The first-order valence-electron chi connectivity index (χ1n) is 21.5. The minimum atomic E-state index is -0.300. The Labute approximate surface area is 340 Å². The standard InChI is InChI=1S/C48H54N6O4/c1-5-29-27-53-21-17-31(29)23-43(53)45(35-15-19-49-41-13-11-33(55-3)25-39(35)41)57-47-37-9-7-8-10-38(37)48(52-51-47)58-46(44-24-32-18-22-54(44)28-30(32)6-2)36-16-20-50-42-14-12-34(56-4)26-40(36)42/h7-16,19-20,25-26,29-32,43-46H,5-6,17-18,21-24,27-28H2,1-4H3/t29?,30?,31-,32?,43-,44-,45-,46-/m1/s1. The molecule has 0 N–H and O–H groups in total. The van der Waals surface area contributed by atoms with Crippen molar-refractivity contribution in [1.29, 1.82) is 0 Å². The van der Waals surface area contributed by atoms with Gasteiger partial charge in [0.2, 0.25) is 11.8 Å². The number of pyridine rings is 2. The average Bonchev–Trinajstić information content (AvgIpc) is 3.29. The van der Waals surface area contributed by atoms with Crippen molar-refractivity contribution >= 4 is 32.6 Å². The quantitative estimate of drug-likeness (QED) is 0.120. The van der Waals surface area contributed by atoms with E-state index in [0.29, 0.717) is 35.4 Å². The van der Waals surface area contributed by atoms with Gasteiger partial charge in [0.25, 0.3) is 0 Å². The van der Waals surface area contributed by atoms with Gasteiger partial charge in [-0.05, 0) is 123 Å². The lowest BCUT2D eigenvalue weighted by atomic mass is 9.72. The van der Waals surface area contributed by atoms with Crippen LogP contribution in [0, 0.1) is 23.7 Å². The van der Waals surface area contributed by atoms with Crippen molar-refractivity contribution in [1.82, 2.24) is 30.0 Å². The van der Waals surface area contributed by atoms with Gasteiger partial charge in [0.1, 0.15) is 23.7 Å². The van der Waals surface area contributed by atoms with Gasteiger partial charge in [0, 0.05) is 47.4 Å². The van der Waals surface area contributed by atoms with E-state index in [0.717, 1.165) is 94.2 Å². The zero-order valence-electron chi connectivity index (χ0n) is 34.1. The van der Waals surface area contributed by atoms with E-state index in [1.54, 1.807) is 14.2 Å². The molecule has 0 aliphatic carbocycles. The van der Waals surface area contributed by atoms with Crippen LogP contribution >= 0.6 is 0 Å². The highest BCUT2D eigenvalue weighted by Gasteiger charge is 2.46. The molecule has 0 radical (unpaired) electrons. The number of ether oxygens (including phenoxy) is 4. The van der Waals surface area contributed by atoms with Gasteiger partial charge in [-0.15, -0.1) is 10.2 Å². The summed E-state index contributed by atoms with van der Waals surface area (Å²) < 4.78 is 26.0. The number of fused-ring (bicyclic) bond motifs is 9. The van der Waals surface area contributed by atoms with Crippen LogP contribution in [0.1, 0.15) is 75.7 Å². The predicted octanol–water partition coefficient (Wildman–Crippen LogP) is 9.22. The van der Waals surface area contributed by atoms with Crippen molar-refractivity contribution in [3.8, 4) is 23.3 Å². The van der Waals surface area contributed by atoms with Crippen LogP contribution in [-0.4, -0.2) is 82.4 Å². The van der Waals surface area contributed by atoms with Crippen molar-refractivity contribution in [3.63, 3.8) is 0 Å². The van der Waals surface area contributed by atoms with E-state index >= 15 is 0 Å². The number of hydrogen-bond donors (Lipinski definition) is 0. The number of methoxy groups -OCH3 is 2. The van der Waals surface area contributed by atoms with Crippen molar-refractivity contribution in [2.45, 2.75) is 76.7 Å². The predicted molar refractivity (Wildman–Crippen MR) is 227 cm³/mol. The van der Waals surface area contributed by atoms with Gasteiger partial charge in [-0.3, -0.25) is 19.8 Å². The van der Waals surface area contributed by atoms with Gasteiger partial charge in [0.05, 0.1) is 48.1 Å². The SMILES string of the molecule is CCC1CN2CCC1C[C@@H]2[C@H](Oc1nnc(O[C@H](c2ccnc3ccc(OC)cc23)[C@H]2C[C@H]3CCN2CC3CC)c2ccccc12)c1ccnc2ccc(OC)cc12. The molecule has 300 valence electrons. The summed E-state index contributed by atoms with van der Waals surface area (Å²) in [5.41, 5.74) is 4.01. The second kappa shape index (κ2) is 15.6. The van der Waals surface area contributed by atoms with Gasteiger partial charge in [-0.25, -0.2) is 0 Å². The first-order chi connectivity index (χ1) is 28.5. The number of benzene rings is 3. The minimum Gasteiger partial charge on any atom is -0.497 e. The summed E-state index contributed by atoms with van der Waals surface area (Å²) >= 11 is 0. The molecule has 6 aromatic rings. The second-order valence-electron chi connectivity index (χ2n) is 17.0. The Balaban J connectivity index is 1.06. The van der Waals surface area contributed by atoms with Crippen molar-refractivity contribution in [2.75, 3.05) is 40.4 Å². The maximum absolute atomic E-state index is 7.30. The van der Waals surface area contributed by atoms with Crippen LogP contribution in [0.2, 0.25) is 0 Å². The van der Waals surface area contributed by atoms with Crippen molar-refractivity contribution in [3.05, 3.63) is 96.3 Å². The molecule has 58 heavy (non-hydrogen) atoms. The normalized spacial score (nSPS) is 27.4. The van der Waals surface area contributed by atoms with Crippen LogP contribution < -0.4 is 18.9 Å². The molecular weight excluding hydrogens is 725 g/mol. The first-order valence-corrected chi connectivity index (χ1v) is 21.5. The van der Waals surface area contributed by atoms with Gasteiger partial charge >= 0.3 is 0 Å². The second-order valence-corrected chi connectivity index (χ2v) is 17.0. The van der Waals surface area contributed by atoms with E-state index < -0.39 is 0 Å². The molecule has 10 atom stereocenters. The number of hydrogen-bond acceptors (Lipinski definition) is 10. The first kappa shape index (κ1) is 37.2. The van der Waals surface area contributed by atoms with Crippen LogP contribution in [0.25, 0.3) is 32.6 Å². The summed E-state index contributed by atoms with van der Waals surface area (Å²) in [5, 5.41) is 13.7. The van der Waals surface area contributed by atoms with Crippen LogP contribution in [0.3, 0.4) is 0 Å². The van der Waals surface area contributed by atoms with E-state index in [-0.39, 0.29) is 24.3 Å². The zero-order valence-corrected chi connectivity index (χ0v) is 34.1. The third kappa shape index (κ3) is 6.58. The molecule has 0 saturated carbocycles. The highest BCUT2D eigenvalue weighted by Crippen LogP contribution is 2.47. The maximum Gasteiger partial charge on any atom is 0.242 e. The Morgan fingerprint density at radius 3 is 1.47 bits per heavy atom. The Morgan fingerprint density at radius 1 is 0.603 bits per heavy atom. The van der Waals surface area contributed by atoms with Gasteiger partial charge in [-0.1, -0.05) is 38.8 Å². The van der Waals surface area contributed by atoms with Crippen LogP contribution in [0.4, 0.5) is 0 Å². The number of nitrogens with zero attached hydrogens (tertiary/aromatic N) is 6. The molecule has 6 saturated heterocycles. The smallest absolute Gasteiger partial charge is 0.242 e. The van der Waals surface area contributed by atoms with E-state index in [1.807, 2.05) is 36.7 Å². The Hall–Kier alpha value is -5.06. The summed E-state index contributed by atoms with van der Waals surface area (Å²) in [6, 6.07) is 25.1. The Morgan fingerprint density at radius 2 is 1.07 bits per heavy atom. The maximum atomic E-state index is 7.30. The molecular formula is C48H54N6O4. The molecule has 0 amide bonds. The summed E-state index contributed by atoms with van der Waals surface area (Å²) in [6.07, 6.45) is 10.2. The highest BCUT2D eigenvalue weighted by atomic mass is 16.5. The van der Waals surface area contributed by atoms with Crippen LogP contribution in [-0.2, 0) is 0 Å². The average molecular weight is 779 g/mol. The molecule has 10 heteroatoms. The fourth-order valence-corrected chi connectivity index (χ4v) is 11.1. The van der Waals surface area contributed by atoms with Crippen molar-refractivity contribution in [2.24, 2.45) is 23.7 Å². The fourth-order valence-electron chi connectivity index (χ4n) is 11.1. The van der Waals surface area contributed by atoms with E-state index in [1.165, 1.54) is 25.7 Å². The summed E-state index contributed by atoms with van der Waals surface area (Å²) in [5.74, 6) is 5.39. The third-order valence-corrected chi connectivity index (χ3v) is 14.3. The number of aromatic nitrogens is 4. The topological polar surface area (TPSA) is 95.0 Å². The lowest BCUT2D eigenvalue weighted by molar-refractivity contribution is -0.0505. The van der Waals surface area contributed by atoms with Crippen molar-refractivity contribution < 1.29 is 18.9 Å². The number of piperidine rings is 6. The summed E-state index contributed by atoms with van der Waals surface area (Å²) in [6.45, 7) is 9.00. The van der Waals surface area contributed by atoms with E-state index in [9.17, 15) is 0 Å². The van der Waals surface area contributed by atoms with Gasteiger partial charge < -0.3 is 18.9 Å². The monoisotopic (exact) mass is 778 g/mol. The molecule has 12 rings (SSSR count). The van der Waals surface area contributed by atoms with Crippen LogP contribution in [0.15, 0.2) is 85.2 Å². The summed E-state index contributed by atoms with van der Waals surface area (Å²) in [7, 11) is 3.42. The third-order valence-electron chi connectivity index (χ3n) is 14.3. The molecule has 4 bridgehead atoms. The molecule has 6 aliphatic heterocycles. The molecule has 9 heterocycles. The van der Waals surface area contributed by atoms with E-state index in [4.69, 9.17) is 39.1 Å². The molecule has 6 fully saturated rings. The highest BCUT2D eigenvalue weighted by molar-refractivity contribution is 5.91. The van der Waals surface area contributed by atoms with Gasteiger partial charge in [-0.2, -0.15) is 0 Å². The fraction of sp³-hybridized carbons (Fsp3) is 0.458. The molecule has 10 nitrogen and oxygen atoms in total. The molecule has 5 unspecified atom stereocenters. The molecule has 0 spiro atoms.